The van der Waals surface area contributed by atoms with Gasteiger partial charge in [0.15, 0.2) is 5.79 Å². The van der Waals surface area contributed by atoms with Gasteiger partial charge in [0.05, 0.1) is 19.8 Å². The second-order valence-corrected chi connectivity index (χ2v) is 9.45. The molecule has 0 unspecified atom stereocenters. The van der Waals surface area contributed by atoms with Crippen LogP contribution in [0.2, 0.25) is 0 Å². The highest BCUT2D eigenvalue weighted by molar-refractivity contribution is 5.30. The SMILES string of the molecule is CCCCC[C@H]1CC[C@H](CCCOc2ccc(C3(CCC)OCCCO3)cc2)CC1. The average Bonchev–Trinajstić information content (AvgIpc) is 2.79. The molecule has 0 bridgehead atoms. The molecule has 1 aromatic carbocycles. The van der Waals surface area contributed by atoms with Gasteiger partial charge in [-0.05, 0) is 55.4 Å². The van der Waals surface area contributed by atoms with Crippen molar-refractivity contribution in [2.24, 2.45) is 11.8 Å². The molecule has 0 spiro atoms. The Bertz CT molecular complexity index is 563. The van der Waals surface area contributed by atoms with E-state index in [0.717, 1.165) is 62.2 Å². The minimum absolute atomic E-state index is 0.555. The van der Waals surface area contributed by atoms with E-state index < -0.39 is 5.79 Å². The summed E-state index contributed by atoms with van der Waals surface area (Å²) in [4.78, 5) is 0. The summed E-state index contributed by atoms with van der Waals surface area (Å²) < 4.78 is 18.2. The van der Waals surface area contributed by atoms with Gasteiger partial charge in [-0.2, -0.15) is 0 Å². The van der Waals surface area contributed by atoms with Crippen LogP contribution in [0, 0.1) is 11.8 Å². The summed E-state index contributed by atoms with van der Waals surface area (Å²) in [6, 6.07) is 8.40. The van der Waals surface area contributed by atoms with Crippen LogP contribution < -0.4 is 4.74 Å². The molecule has 2 aliphatic rings. The Morgan fingerprint density at radius 1 is 0.833 bits per heavy atom. The maximum Gasteiger partial charge on any atom is 0.194 e. The van der Waals surface area contributed by atoms with E-state index in [1.807, 2.05) is 0 Å². The summed E-state index contributed by atoms with van der Waals surface area (Å²) in [5.41, 5.74) is 1.12. The first-order valence-electron chi connectivity index (χ1n) is 12.8. The highest BCUT2D eigenvalue weighted by Crippen LogP contribution is 2.36. The molecule has 1 aromatic rings. The van der Waals surface area contributed by atoms with Crippen LogP contribution in [0.15, 0.2) is 24.3 Å². The Balaban J connectivity index is 1.35. The Kier molecular flexibility index (Phi) is 10.00. The van der Waals surface area contributed by atoms with Crippen molar-refractivity contribution in [3.05, 3.63) is 29.8 Å². The summed E-state index contributed by atoms with van der Waals surface area (Å²) in [7, 11) is 0. The summed E-state index contributed by atoms with van der Waals surface area (Å²) in [6.45, 7) is 6.86. The van der Waals surface area contributed by atoms with Gasteiger partial charge in [0.1, 0.15) is 5.75 Å². The first kappa shape index (κ1) is 23.6. The van der Waals surface area contributed by atoms with E-state index in [-0.39, 0.29) is 0 Å². The van der Waals surface area contributed by atoms with Crippen LogP contribution in [0.3, 0.4) is 0 Å². The largest absolute Gasteiger partial charge is 0.494 e. The first-order valence-corrected chi connectivity index (χ1v) is 12.8. The second kappa shape index (κ2) is 12.7. The number of rotatable bonds is 12. The Hall–Kier alpha value is -1.06. The zero-order valence-corrected chi connectivity index (χ0v) is 19.5. The molecule has 170 valence electrons. The van der Waals surface area contributed by atoms with Gasteiger partial charge in [0.25, 0.3) is 0 Å². The Morgan fingerprint density at radius 3 is 2.07 bits per heavy atom. The van der Waals surface area contributed by atoms with Gasteiger partial charge in [0.2, 0.25) is 0 Å². The molecule has 0 aromatic heterocycles. The molecule has 2 fully saturated rings. The maximum atomic E-state index is 6.07. The molecule has 1 saturated heterocycles. The minimum Gasteiger partial charge on any atom is -0.494 e. The van der Waals surface area contributed by atoms with E-state index in [1.54, 1.807) is 0 Å². The molecular formula is C27H44O3. The summed E-state index contributed by atoms with van der Waals surface area (Å²) in [6.07, 6.45) is 16.9. The Labute approximate surface area is 184 Å². The monoisotopic (exact) mass is 416 g/mol. The molecule has 0 amide bonds. The summed E-state index contributed by atoms with van der Waals surface area (Å²) in [5.74, 6) is 2.34. The molecule has 3 nitrogen and oxygen atoms in total. The van der Waals surface area contributed by atoms with E-state index >= 15 is 0 Å². The van der Waals surface area contributed by atoms with Crippen molar-refractivity contribution in [3.8, 4) is 5.75 Å². The number of benzene rings is 1. The van der Waals surface area contributed by atoms with Gasteiger partial charge >= 0.3 is 0 Å². The number of hydrogen-bond donors (Lipinski definition) is 0. The van der Waals surface area contributed by atoms with Crippen molar-refractivity contribution in [2.75, 3.05) is 19.8 Å². The van der Waals surface area contributed by atoms with E-state index in [4.69, 9.17) is 14.2 Å². The number of ether oxygens (including phenoxy) is 3. The lowest BCUT2D eigenvalue weighted by molar-refractivity contribution is -0.280. The van der Waals surface area contributed by atoms with Crippen LogP contribution in [0.25, 0.3) is 0 Å². The van der Waals surface area contributed by atoms with Crippen LogP contribution in [0.4, 0.5) is 0 Å². The van der Waals surface area contributed by atoms with Crippen molar-refractivity contribution in [1.82, 2.24) is 0 Å². The van der Waals surface area contributed by atoms with Crippen LogP contribution in [0.1, 0.15) is 103 Å². The highest BCUT2D eigenvalue weighted by atomic mass is 16.7. The summed E-state index contributed by atoms with van der Waals surface area (Å²) in [5, 5.41) is 0. The molecule has 3 heteroatoms. The summed E-state index contributed by atoms with van der Waals surface area (Å²) >= 11 is 0. The van der Waals surface area contributed by atoms with Gasteiger partial charge in [-0.3, -0.25) is 0 Å². The van der Waals surface area contributed by atoms with Crippen molar-refractivity contribution < 1.29 is 14.2 Å². The fourth-order valence-electron chi connectivity index (χ4n) is 5.22. The predicted octanol–water partition coefficient (Wildman–Crippen LogP) is 7.62. The minimum atomic E-state index is -0.555. The van der Waals surface area contributed by atoms with Crippen LogP contribution in [0.5, 0.6) is 5.75 Å². The zero-order valence-electron chi connectivity index (χ0n) is 19.5. The topological polar surface area (TPSA) is 27.7 Å². The third-order valence-corrected chi connectivity index (χ3v) is 7.04. The van der Waals surface area contributed by atoms with Gasteiger partial charge in [-0.25, -0.2) is 0 Å². The van der Waals surface area contributed by atoms with Gasteiger partial charge in [-0.1, -0.05) is 71.6 Å². The fourth-order valence-corrected chi connectivity index (χ4v) is 5.22. The fraction of sp³-hybridized carbons (Fsp3) is 0.778. The van der Waals surface area contributed by atoms with Crippen LogP contribution >= 0.6 is 0 Å². The van der Waals surface area contributed by atoms with Crippen molar-refractivity contribution in [2.45, 2.75) is 103 Å². The zero-order chi connectivity index (χ0) is 21.1. The second-order valence-electron chi connectivity index (χ2n) is 9.45. The van der Waals surface area contributed by atoms with Crippen molar-refractivity contribution in [1.29, 1.82) is 0 Å². The molecule has 1 aliphatic carbocycles. The lowest BCUT2D eigenvalue weighted by Crippen LogP contribution is -2.37. The standard InChI is InChI=1S/C27H44O3/c1-3-5-6-9-23-11-13-24(14-12-23)10-7-20-28-26-17-15-25(16-18-26)27(19-4-2)29-21-8-22-30-27/h15-18,23-24H,3-14,19-22H2,1-2H3/t23-,24-. The van der Waals surface area contributed by atoms with E-state index in [9.17, 15) is 0 Å². The molecule has 0 N–H and O–H groups in total. The molecule has 0 radical (unpaired) electrons. The van der Waals surface area contributed by atoms with Gasteiger partial charge < -0.3 is 14.2 Å². The smallest absolute Gasteiger partial charge is 0.194 e. The molecule has 1 saturated carbocycles. The third-order valence-electron chi connectivity index (χ3n) is 7.04. The van der Waals surface area contributed by atoms with E-state index in [1.165, 1.54) is 64.2 Å². The lowest BCUT2D eigenvalue weighted by Gasteiger charge is -2.37. The number of hydrogen-bond acceptors (Lipinski definition) is 3. The molecular weight excluding hydrogens is 372 g/mol. The quantitative estimate of drug-likeness (QED) is 0.328. The van der Waals surface area contributed by atoms with Crippen molar-refractivity contribution in [3.63, 3.8) is 0 Å². The molecule has 1 heterocycles. The van der Waals surface area contributed by atoms with Crippen LogP contribution in [-0.4, -0.2) is 19.8 Å². The van der Waals surface area contributed by atoms with Crippen LogP contribution in [-0.2, 0) is 15.3 Å². The lowest BCUT2D eigenvalue weighted by atomic mass is 9.78. The average molecular weight is 417 g/mol. The van der Waals surface area contributed by atoms with Crippen molar-refractivity contribution >= 4 is 0 Å². The Morgan fingerprint density at radius 2 is 1.47 bits per heavy atom. The highest BCUT2D eigenvalue weighted by Gasteiger charge is 2.35. The number of unbranched alkanes of at least 4 members (excludes halogenated alkanes) is 2. The maximum absolute atomic E-state index is 6.07. The molecule has 30 heavy (non-hydrogen) atoms. The third kappa shape index (κ3) is 6.99. The van der Waals surface area contributed by atoms with E-state index in [0.29, 0.717) is 0 Å². The molecule has 0 atom stereocenters. The molecule has 3 rings (SSSR count). The van der Waals surface area contributed by atoms with E-state index in [2.05, 4.69) is 38.1 Å². The normalized spacial score (nSPS) is 23.9. The van der Waals surface area contributed by atoms with Gasteiger partial charge in [0, 0.05) is 12.0 Å². The first-order chi connectivity index (χ1) is 14.8. The molecule has 1 aliphatic heterocycles. The predicted molar refractivity (Wildman–Crippen MR) is 124 cm³/mol. The van der Waals surface area contributed by atoms with Gasteiger partial charge in [-0.15, -0.1) is 0 Å².